The van der Waals surface area contributed by atoms with Crippen LogP contribution in [0.2, 0.25) is 0 Å². The zero-order chi connectivity index (χ0) is 12.0. The Labute approximate surface area is 102 Å². The lowest BCUT2D eigenvalue weighted by atomic mass is 10.0. The molecule has 0 heterocycles. The van der Waals surface area contributed by atoms with Crippen LogP contribution in [0.1, 0.15) is 37.4 Å². The van der Waals surface area contributed by atoms with E-state index in [2.05, 4.69) is 36.5 Å². The summed E-state index contributed by atoms with van der Waals surface area (Å²) >= 11 is 5.44. The molecule has 0 radical (unpaired) electrons. The highest BCUT2D eigenvalue weighted by molar-refractivity contribution is 6.27. The molecular formula is C13H18ClNO. The predicted octanol–water partition coefficient (Wildman–Crippen LogP) is 3.06. The van der Waals surface area contributed by atoms with Crippen molar-refractivity contribution in [2.45, 2.75) is 32.7 Å². The second-order valence-corrected chi connectivity index (χ2v) is 4.18. The summed E-state index contributed by atoms with van der Waals surface area (Å²) in [6.07, 6.45) is 2.25. The number of carbonyl (C=O) groups excluding carboxylic acids is 1. The highest BCUT2D eigenvalue weighted by Gasteiger charge is 2.07. The number of alkyl halides is 1. The summed E-state index contributed by atoms with van der Waals surface area (Å²) in [4.78, 5) is 11.1. The number of halogens is 1. The van der Waals surface area contributed by atoms with Gasteiger partial charge in [-0.05, 0) is 24.5 Å². The average Bonchev–Trinajstić information content (AvgIpc) is 2.30. The summed E-state index contributed by atoms with van der Waals surface area (Å²) in [6.45, 7) is 4.12. The summed E-state index contributed by atoms with van der Waals surface area (Å²) in [5, 5.41) is 2.83. The lowest BCUT2D eigenvalue weighted by molar-refractivity contribution is -0.119. The van der Waals surface area contributed by atoms with E-state index < -0.39 is 0 Å². The molecule has 1 N–H and O–H groups in total. The van der Waals surface area contributed by atoms with E-state index >= 15 is 0 Å². The van der Waals surface area contributed by atoms with Crippen molar-refractivity contribution in [2.75, 3.05) is 5.88 Å². The lowest BCUT2D eigenvalue weighted by Gasteiger charge is -2.13. The molecule has 88 valence electrons. The standard InChI is InChI=1S/C13H18ClNO/c1-3-4-11-5-7-12(8-6-11)10(2)15-13(16)9-14/h5-8,10H,3-4,9H2,1-2H3,(H,15,16). The van der Waals surface area contributed by atoms with Gasteiger partial charge in [0.2, 0.25) is 5.91 Å². The van der Waals surface area contributed by atoms with Crippen LogP contribution in [0.5, 0.6) is 0 Å². The molecule has 0 bridgehead atoms. The van der Waals surface area contributed by atoms with Crippen LogP contribution < -0.4 is 5.32 Å². The van der Waals surface area contributed by atoms with Crippen molar-refractivity contribution in [3.63, 3.8) is 0 Å². The Bertz CT molecular complexity index is 334. The number of carbonyl (C=O) groups is 1. The Morgan fingerprint density at radius 3 is 2.50 bits per heavy atom. The molecule has 1 unspecified atom stereocenters. The molecule has 1 rings (SSSR count). The van der Waals surface area contributed by atoms with Gasteiger partial charge in [0, 0.05) is 0 Å². The molecule has 0 fully saturated rings. The molecule has 2 nitrogen and oxygen atoms in total. The molecular weight excluding hydrogens is 222 g/mol. The fraction of sp³-hybridized carbons (Fsp3) is 0.462. The molecule has 0 aliphatic heterocycles. The zero-order valence-corrected chi connectivity index (χ0v) is 10.6. The van der Waals surface area contributed by atoms with Crippen molar-refractivity contribution in [3.8, 4) is 0 Å². The van der Waals surface area contributed by atoms with E-state index in [1.165, 1.54) is 5.56 Å². The first-order valence-electron chi connectivity index (χ1n) is 5.61. The molecule has 3 heteroatoms. The van der Waals surface area contributed by atoms with Gasteiger partial charge in [-0.15, -0.1) is 11.6 Å². The minimum atomic E-state index is -0.133. The predicted molar refractivity (Wildman–Crippen MR) is 67.7 cm³/mol. The number of nitrogens with one attached hydrogen (secondary N) is 1. The fourth-order valence-corrected chi connectivity index (χ4v) is 1.70. The van der Waals surface area contributed by atoms with Crippen molar-refractivity contribution < 1.29 is 4.79 Å². The minimum Gasteiger partial charge on any atom is -0.349 e. The Hall–Kier alpha value is -1.02. The molecule has 0 aliphatic carbocycles. The van der Waals surface area contributed by atoms with Crippen LogP contribution >= 0.6 is 11.6 Å². The topological polar surface area (TPSA) is 29.1 Å². The van der Waals surface area contributed by atoms with Crippen molar-refractivity contribution in [3.05, 3.63) is 35.4 Å². The summed E-state index contributed by atoms with van der Waals surface area (Å²) < 4.78 is 0. The van der Waals surface area contributed by atoms with Crippen LogP contribution in [0.25, 0.3) is 0 Å². The van der Waals surface area contributed by atoms with Gasteiger partial charge in [-0.2, -0.15) is 0 Å². The minimum absolute atomic E-state index is 0.0122. The zero-order valence-electron chi connectivity index (χ0n) is 9.79. The Morgan fingerprint density at radius 1 is 1.38 bits per heavy atom. The van der Waals surface area contributed by atoms with Gasteiger partial charge in [-0.3, -0.25) is 4.79 Å². The second kappa shape index (κ2) is 6.54. The largest absolute Gasteiger partial charge is 0.349 e. The Kier molecular flexibility index (Phi) is 5.33. The summed E-state index contributed by atoms with van der Waals surface area (Å²) in [5.74, 6) is -0.120. The third-order valence-electron chi connectivity index (χ3n) is 2.52. The number of hydrogen-bond acceptors (Lipinski definition) is 1. The normalized spacial score (nSPS) is 12.2. The van der Waals surface area contributed by atoms with E-state index in [4.69, 9.17) is 11.6 Å². The Morgan fingerprint density at radius 2 is 2.00 bits per heavy atom. The van der Waals surface area contributed by atoms with E-state index in [0.29, 0.717) is 0 Å². The molecule has 0 aromatic heterocycles. The van der Waals surface area contributed by atoms with E-state index in [1.54, 1.807) is 0 Å². The highest BCUT2D eigenvalue weighted by Crippen LogP contribution is 2.14. The molecule has 0 saturated heterocycles. The van der Waals surface area contributed by atoms with Gasteiger partial charge in [0.05, 0.1) is 6.04 Å². The first-order chi connectivity index (χ1) is 7.67. The first-order valence-corrected chi connectivity index (χ1v) is 6.15. The van der Waals surface area contributed by atoms with Crippen molar-refractivity contribution in [1.29, 1.82) is 0 Å². The third kappa shape index (κ3) is 3.86. The maximum absolute atomic E-state index is 11.1. The molecule has 1 aromatic rings. The molecule has 0 spiro atoms. The second-order valence-electron chi connectivity index (χ2n) is 3.91. The number of rotatable bonds is 5. The maximum Gasteiger partial charge on any atom is 0.235 e. The number of amides is 1. The monoisotopic (exact) mass is 239 g/mol. The number of benzene rings is 1. The van der Waals surface area contributed by atoms with E-state index in [1.807, 2.05) is 6.92 Å². The van der Waals surface area contributed by atoms with E-state index in [0.717, 1.165) is 18.4 Å². The van der Waals surface area contributed by atoms with Crippen molar-refractivity contribution in [2.24, 2.45) is 0 Å². The van der Waals surface area contributed by atoms with Crippen molar-refractivity contribution in [1.82, 2.24) is 5.32 Å². The summed E-state index contributed by atoms with van der Waals surface area (Å²) in [5.41, 5.74) is 2.44. The van der Waals surface area contributed by atoms with Crippen LogP contribution in [-0.4, -0.2) is 11.8 Å². The maximum atomic E-state index is 11.1. The van der Waals surface area contributed by atoms with Crippen LogP contribution in [0.15, 0.2) is 24.3 Å². The molecule has 0 aliphatic rings. The van der Waals surface area contributed by atoms with E-state index in [9.17, 15) is 4.79 Å². The number of aryl methyl sites for hydroxylation is 1. The molecule has 1 amide bonds. The summed E-state index contributed by atoms with van der Waals surface area (Å²) in [7, 11) is 0. The van der Waals surface area contributed by atoms with Gasteiger partial charge in [0.25, 0.3) is 0 Å². The van der Waals surface area contributed by atoms with Gasteiger partial charge in [-0.25, -0.2) is 0 Å². The average molecular weight is 240 g/mol. The van der Waals surface area contributed by atoms with Crippen LogP contribution in [0.4, 0.5) is 0 Å². The van der Waals surface area contributed by atoms with Crippen molar-refractivity contribution >= 4 is 17.5 Å². The fourth-order valence-electron chi connectivity index (χ4n) is 1.63. The quantitative estimate of drug-likeness (QED) is 0.787. The number of hydrogen-bond donors (Lipinski definition) is 1. The van der Waals surface area contributed by atoms with E-state index in [-0.39, 0.29) is 17.8 Å². The van der Waals surface area contributed by atoms with Gasteiger partial charge in [0.1, 0.15) is 5.88 Å². The first kappa shape index (κ1) is 13.0. The summed E-state index contributed by atoms with van der Waals surface area (Å²) in [6, 6.07) is 8.36. The molecule has 1 aromatic carbocycles. The third-order valence-corrected chi connectivity index (χ3v) is 2.76. The molecule has 16 heavy (non-hydrogen) atoms. The van der Waals surface area contributed by atoms with Gasteiger partial charge in [-0.1, -0.05) is 37.6 Å². The van der Waals surface area contributed by atoms with Gasteiger partial charge < -0.3 is 5.32 Å². The lowest BCUT2D eigenvalue weighted by Crippen LogP contribution is -2.27. The Balaban J connectivity index is 2.62. The van der Waals surface area contributed by atoms with Gasteiger partial charge >= 0.3 is 0 Å². The van der Waals surface area contributed by atoms with Gasteiger partial charge in [0.15, 0.2) is 0 Å². The van der Waals surface area contributed by atoms with Crippen LogP contribution in [0, 0.1) is 0 Å². The molecule has 0 saturated carbocycles. The molecule has 1 atom stereocenters. The smallest absolute Gasteiger partial charge is 0.235 e. The highest BCUT2D eigenvalue weighted by atomic mass is 35.5. The van der Waals surface area contributed by atoms with Crippen LogP contribution in [0.3, 0.4) is 0 Å². The SMILES string of the molecule is CCCc1ccc(C(C)NC(=O)CCl)cc1. The van der Waals surface area contributed by atoms with Crippen LogP contribution in [-0.2, 0) is 11.2 Å².